The fourth-order valence-electron chi connectivity index (χ4n) is 1.72. The highest BCUT2D eigenvalue weighted by atomic mass is 16.5. The van der Waals surface area contributed by atoms with Gasteiger partial charge in [0.15, 0.2) is 0 Å². The summed E-state index contributed by atoms with van der Waals surface area (Å²) in [4.78, 5) is 34.6. The number of carbonyl (C=O) groups is 3. The van der Waals surface area contributed by atoms with Gasteiger partial charge in [-0.3, -0.25) is 9.59 Å². The van der Waals surface area contributed by atoms with Crippen LogP contribution < -0.4 is 10.1 Å². The number of hydrogen-bond acceptors (Lipinski definition) is 4. The largest absolute Gasteiger partial charge is 0.497 e. The Balaban J connectivity index is 2.20. The van der Waals surface area contributed by atoms with Gasteiger partial charge in [-0.05, 0) is 23.8 Å². The summed E-state index contributed by atoms with van der Waals surface area (Å²) in [6.45, 7) is -0.662. The molecule has 0 atom stereocenters. The summed E-state index contributed by atoms with van der Waals surface area (Å²) in [5, 5.41) is 11.0. The molecule has 1 saturated heterocycles. The van der Waals surface area contributed by atoms with Crippen LogP contribution in [-0.4, -0.2) is 41.6 Å². The summed E-state index contributed by atoms with van der Waals surface area (Å²) in [6, 6.07) is 6.11. The summed E-state index contributed by atoms with van der Waals surface area (Å²) in [5.74, 6) is -1.24. The van der Waals surface area contributed by atoms with Gasteiger partial charge in [-0.15, -0.1) is 0 Å². The Bertz CT molecular complexity index is 591. The van der Waals surface area contributed by atoms with Crippen LogP contribution in [0.25, 0.3) is 6.08 Å². The number of nitrogens with one attached hydrogen (secondary N) is 1. The molecule has 1 heterocycles. The molecule has 0 aromatic heterocycles. The second-order valence-electron chi connectivity index (χ2n) is 4.05. The minimum Gasteiger partial charge on any atom is -0.497 e. The standard InChI is InChI=1S/C13H12N2O5/c1-20-9-4-2-8(3-5-9)6-10-12(18)15(7-11(16)17)13(19)14-10/h2-6H,7H2,1H3,(H,14,19)(H,16,17)/b10-6-. The van der Waals surface area contributed by atoms with Crippen molar-refractivity contribution in [2.75, 3.05) is 13.7 Å². The highest BCUT2D eigenvalue weighted by molar-refractivity contribution is 6.15. The first-order chi connectivity index (χ1) is 9.51. The molecular formula is C13H12N2O5. The molecule has 104 valence electrons. The van der Waals surface area contributed by atoms with Crippen LogP contribution >= 0.6 is 0 Å². The normalized spacial score (nSPS) is 16.4. The summed E-state index contributed by atoms with van der Waals surface area (Å²) < 4.78 is 5.01. The van der Waals surface area contributed by atoms with Crippen LogP contribution in [0.4, 0.5) is 4.79 Å². The van der Waals surface area contributed by atoms with E-state index in [-0.39, 0.29) is 5.70 Å². The van der Waals surface area contributed by atoms with Gasteiger partial charge < -0.3 is 15.2 Å². The SMILES string of the molecule is COc1ccc(/C=C2\NC(=O)N(CC(=O)O)C2=O)cc1. The Kier molecular flexibility index (Phi) is 3.69. The topological polar surface area (TPSA) is 95.9 Å². The van der Waals surface area contributed by atoms with Gasteiger partial charge in [0, 0.05) is 0 Å². The quantitative estimate of drug-likeness (QED) is 0.622. The number of nitrogens with zero attached hydrogens (tertiary/aromatic N) is 1. The van der Waals surface area contributed by atoms with Crippen molar-refractivity contribution in [3.63, 3.8) is 0 Å². The first-order valence-corrected chi connectivity index (χ1v) is 5.71. The summed E-state index contributed by atoms with van der Waals surface area (Å²) in [7, 11) is 1.54. The van der Waals surface area contributed by atoms with E-state index in [4.69, 9.17) is 9.84 Å². The van der Waals surface area contributed by atoms with E-state index >= 15 is 0 Å². The van der Waals surface area contributed by atoms with Crippen LogP contribution in [0, 0.1) is 0 Å². The summed E-state index contributed by atoms with van der Waals surface area (Å²) in [5.41, 5.74) is 0.730. The molecule has 0 radical (unpaired) electrons. The Morgan fingerprint density at radius 3 is 2.55 bits per heavy atom. The number of hydrogen-bond donors (Lipinski definition) is 2. The van der Waals surface area contributed by atoms with Crippen molar-refractivity contribution < 1.29 is 24.2 Å². The molecule has 0 unspecified atom stereocenters. The zero-order valence-corrected chi connectivity index (χ0v) is 10.6. The average Bonchev–Trinajstić information content (AvgIpc) is 2.67. The van der Waals surface area contributed by atoms with E-state index in [1.807, 2.05) is 0 Å². The van der Waals surface area contributed by atoms with E-state index in [1.54, 1.807) is 24.3 Å². The number of carbonyl (C=O) groups excluding carboxylic acids is 2. The van der Waals surface area contributed by atoms with Crippen LogP contribution in [0.15, 0.2) is 30.0 Å². The van der Waals surface area contributed by atoms with Crippen molar-refractivity contribution in [2.24, 2.45) is 0 Å². The number of urea groups is 1. The van der Waals surface area contributed by atoms with E-state index < -0.39 is 24.5 Å². The first-order valence-electron chi connectivity index (χ1n) is 5.71. The van der Waals surface area contributed by atoms with Gasteiger partial charge in [0.05, 0.1) is 7.11 Å². The number of carboxylic acid groups (broad SMARTS) is 1. The molecule has 20 heavy (non-hydrogen) atoms. The molecule has 3 amide bonds. The second-order valence-corrected chi connectivity index (χ2v) is 4.05. The highest BCUT2D eigenvalue weighted by Crippen LogP contribution is 2.16. The summed E-state index contributed by atoms with van der Waals surface area (Å²) >= 11 is 0. The number of imide groups is 1. The molecule has 0 bridgehead atoms. The third-order valence-corrected chi connectivity index (χ3v) is 2.68. The zero-order valence-electron chi connectivity index (χ0n) is 10.6. The predicted molar refractivity (Wildman–Crippen MR) is 68.9 cm³/mol. The number of carboxylic acids is 1. The number of methoxy groups -OCH3 is 1. The molecular weight excluding hydrogens is 264 g/mol. The van der Waals surface area contributed by atoms with E-state index in [0.29, 0.717) is 16.2 Å². The molecule has 1 aromatic carbocycles. The van der Waals surface area contributed by atoms with Crippen LogP contribution in [0.1, 0.15) is 5.56 Å². The molecule has 0 spiro atoms. The Labute approximate surface area is 114 Å². The van der Waals surface area contributed by atoms with E-state index in [0.717, 1.165) is 0 Å². The highest BCUT2D eigenvalue weighted by Gasteiger charge is 2.34. The fourth-order valence-corrected chi connectivity index (χ4v) is 1.72. The van der Waals surface area contributed by atoms with Crippen molar-refractivity contribution in [2.45, 2.75) is 0 Å². The van der Waals surface area contributed by atoms with Crippen LogP contribution in [0.3, 0.4) is 0 Å². The van der Waals surface area contributed by atoms with Gasteiger partial charge in [-0.25, -0.2) is 9.69 Å². The van der Waals surface area contributed by atoms with Gasteiger partial charge in [0.2, 0.25) is 0 Å². The van der Waals surface area contributed by atoms with Crippen LogP contribution in [-0.2, 0) is 9.59 Å². The molecule has 2 N–H and O–H groups in total. The van der Waals surface area contributed by atoms with E-state index in [2.05, 4.69) is 5.32 Å². The molecule has 7 heteroatoms. The Morgan fingerprint density at radius 2 is 2.00 bits per heavy atom. The minimum absolute atomic E-state index is 0.0430. The minimum atomic E-state index is -1.25. The van der Waals surface area contributed by atoms with Gasteiger partial charge >= 0.3 is 12.0 Å². The van der Waals surface area contributed by atoms with Crippen molar-refractivity contribution in [1.29, 1.82) is 0 Å². The number of aliphatic carboxylic acids is 1. The number of amides is 3. The van der Waals surface area contributed by atoms with Gasteiger partial charge in [0.25, 0.3) is 5.91 Å². The molecule has 1 aliphatic rings. The monoisotopic (exact) mass is 276 g/mol. The predicted octanol–water partition coefficient (Wildman–Crippen LogP) is 0.672. The maximum atomic E-state index is 11.9. The van der Waals surface area contributed by atoms with Crippen LogP contribution in [0.2, 0.25) is 0 Å². The molecule has 1 fully saturated rings. The molecule has 0 aliphatic carbocycles. The lowest BCUT2D eigenvalue weighted by Crippen LogP contribution is -2.35. The maximum absolute atomic E-state index is 11.9. The molecule has 2 rings (SSSR count). The Morgan fingerprint density at radius 1 is 1.35 bits per heavy atom. The fraction of sp³-hybridized carbons (Fsp3) is 0.154. The average molecular weight is 276 g/mol. The van der Waals surface area contributed by atoms with Crippen molar-refractivity contribution in [3.8, 4) is 5.75 Å². The van der Waals surface area contributed by atoms with Crippen molar-refractivity contribution in [1.82, 2.24) is 10.2 Å². The van der Waals surface area contributed by atoms with Crippen molar-refractivity contribution in [3.05, 3.63) is 35.5 Å². The van der Waals surface area contributed by atoms with Gasteiger partial charge in [-0.2, -0.15) is 0 Å². The number of benzene rings is 1. The van der Waals surface area contributed by atoms with E-state index in [9.17, 15) is 14.4 Å². The third-order valence-electron chi connectivity index (χ3n) is 2.68. The number of ether oxygens (including phenoxy) is 1. The van der Waals surface area contributed by atoms with Gasteiger partial charge in [0.1, 0.15) is 18.0 Å². The van der Waals surface area contributed by atoms with E-state index in [1.165, 1.54) is 13.2 Å². The number of rotatable bonds is 4. The van der Waals surface area contributed by atoms with Crippen molar-refractivity contribution >= 4 is 24.0 Å². The lowest BCUT2D eigenvalue weighted by Gasteiger charge is -2.06. The summed E-state index contributed by atoms with van der Waals surface area (Å²) in [6.07, 6.45) is 1.47. The lowest BCUT2D eigenvalue weighted by molar-refractivity contribution is -0.140. The first kappa shape index (κ1) is 13.6. The molecule has 0 saturated carbocycles. The van der Waals surface area contributed by atoms with Crippen LogP contribution in [0.5, 0.6) is 5.75 Å². The zero-order chi connectivity index (χ0) is 14.7. The lowest BCUT2D eigenvalue weighted by atomic mass is 10.2. The molecule has 1 aromatic rings. The smallest absolute Gasteiger partial charge is 0.329 e. The molecule has 7 nitrogen and oxygen atoms in total. The Hall–Kier alpha value is -2.83. The molecule has 1 aliphatic heterocycles. The second kappa shape index (κ2) is 5.43. The third kappa shape index (κ3) is 2.77. The van der Waals surface area contributed by atoms with Gasteiger partial charge in [-0.1, -0.05) is 12.1 Å². The maximum Gasteiger partial charge on any atom is 0.329 e.